The van der Waals surface area contributed by atoms with Gasteiger partial charge >= 0.3 is 0 Å². The van der Waals surface area contributed by atoms with Gasteiger partial charge in [0.1, 0.15) is 0 Å². The van der Waals surface area contributed by atoms with E-state index in [4.69, 9.17) is 4.74 Å². The first-order valence-electron chi connectivity index (χ1n) is 8.80. The van der Waals surface area contributed by atoms with Crippen molar-refractivity contribution in [3.05, 3.63) is 35.1 Å². The van der Waals surface area contributed by atoms with E-state index in [0.717, 1.165) is 36.3 Å². The van der Waals surface area contributed by atoms with E-state index in [-0.39, 0.29) is 16.9 Å². The van der Waals surface area contributed by atoms with Crippen LogP contribution in [0.4, 0.5) is 0 Å². The molecule has 3 rings (SSSR count). The van der Waals surface area contributed by atoms with E-state index >= 15 is 0 Å². The number of benzene rings is 1. The number of allylic oxidation sites excluding steroid dienone is 2. The lowest BCUT2D eigenvalue weighted by Gasteiger charge is -2.53. The standard InChI is InChI=1S/C20H29NO3/c1-12-6-7-16(22)19(23)18(12)20-8-9-21(4)14(3)15(20)10-13(2)17(11-20)24-5/h6-7,11,13-15,22-23H,8-10H2,1-5H3. The second-order valence-corrected chi connectivity index (χ2v) is 7.63. The van der Waals surface area contributed by atoms with E-state index in [1.54, 1.807) is 13.2 Å². The monoisotopic (exact) mass is 331 g/mol. The van der Waals surface area contributed by atoms with Crippen LogP contribution in [0.1, 0.15) is 37.8 Å². The third-order valence-corrected chi connectivity index (χ3v) is 6.38. The largest absolute Gasteiger partial charge is 0.504 e. The molecule has 4 heteroatoms. The molecule has 4 unspecified atom stereocenters. The Morgan fingerprint density at radius 1 is 1.25 bits per heavy atom. The molecule has 0 spiro atoms. The van der Waals surface area contributed by atoms with Crippen molar-refractivity contribution in [2.75, 3.05) is 20.7 Å². The highest BCUT2D eigenvalue weighted by molar-refractivity contribution is 5.55. The van der Waals surface area contributed by atoms with Gasteiger partial charge in [-0.3, -0.25) is 0 Å². The van der Waals surface area contributed by atoms with Gasteiger partial charge in [-0.15, -0.1) is 0 Å². The lowest BCUT2D eigenvalue weighted by molar-refractivity contribution is 0.0428. The van der Waals surface area contributed by atoms with Crippen LogP contribution in [-0.4, -0.2) is 41.9 Å². The number of rotatable bonds is 2. The number of aromatic hydroxyl groups is 2. The third kappa shape index (κ3) is 2.39. The van der Waals surface area contributed by atoms with E-state index in [0.29, 0.717) is 17.9 Å². The van der Waals surface area contributed by atoms with E-state index < -0.39 is 0 Å². The van der Waals surface area contributed by atoms with E-state index in [1.807, 2.05) is 13.0 Å². The van der Waals surface area contributed by atoms with Crippen molar-refractivity contribution in [2.45, 2.75) is 45.1 Å². The fourth-order valence-corrected chi connectivity index (χ4v) is 4.88. The smallest absolute Gasteiger partial charge is 0.161 e. The summed E-state index contributed by atoms with van der Waals surface area (Å²) in [6, 6.07) is 3.87. The minimum Gasteiger partial charge on any atom is -0.504 e. The van der Waals surface area contributed by atoms with Crippen LogP contribution in [0.25, 0.3) is 0 Å². The number of nitrogens with zero attached hydrogens (tertiary/aromatic N) is 1. The zero-order chi connectivity index (χ0) is 17.6. The molecular formula is C20H29NO3. The first kappa shape index (κ1) is 17.2. The molecule has 1 aliphatic carbocycles. The molecule has 132 valence electrons. The Bertz CT molecular complexity index is 669. The van der Waals surface area contributed by atoms with Crippen molar-refractivity contribution in [1.29, 1.82) is 0 Å². The van der Waals surface area contributed by atoms with Crippen LogP contribution < -0.4 is 0 Å². The molecule has 1 heterocycles. The first-order valence-corrected chi connectivity index (χ1v) is 8.80. The number of methoxy groups -OCH3 is 1. The van der Waals surface area contributed by atoms with Crippen LogP contribution in [0.5, 0.6) is 11.5 Å². The molecule has 4 nitrogen and oxygen atoms in total. The van der Waals surface area contributed by atoms with Crippen LogP contribution in [0, 0.1) is 18.8 Å². The first-order chi connectivity index (χ1) is 11.3. The van der Waals surface area contributed by atoms with Crippen molar-refractivity contribution >= 4 is 0 Å². The summed E-state index contributed by atoms with van der Waals surface area (Å²) in [5.74, 6) is 1.71. The van der Waals surface area contributed by atoms with Crippen LogP contribution in [-0.2, 0) is 10.2 Å². The quantitative estimate of drug-likeness (QED) is 0.814. The maximum Gasteiger partial charge on any atom is 0.161 e. The predicted molar refractivity (Wildman–Crippen MR) is 95.3 cm³/mol. The highest BCUT2D eigenvalue weighted by Crippen LogP contribution is 2.55. The summed E-state index contributed by atoms with van der Waals surface area (Å²) >= 11 is 0. The van der Waals surface area contributed by atoms with Crippen LogP contribution in [0.15, 0.2) is 24.0 Å². The zero-order valence-corrected chi connectivity index (χ0v) is 15.3. The van der Waals surface area contributed by atoms with Crippen molar-refractivity contribution < 1.29 is 14.9 Å². The zero-order valence-electron chi connectivity index (χ0n) is 15.3. The van der Waals surface area contributed by atoms with Gasteiger partial charge in [-0.1, -0.05) is 13.0 Å². The topological polar surface area (TPSA) is 52.9 Å². The Kier molecular flexibility index (Phi) is 4.28. The molecule has 1 aromatic carbocycles. The summed E-state index contributed by atoms with van der Waals surface area (Å²) in [5.41, 5.74) is 1.60. The van der Waals surface area contributed by atoms with E-state index in [9.17, 15) is 10.2 Å². The molecule has 0 saturated carbocycles. The number of hydrogen-bond donors (Lipinski definition) is 2. The van der Waals surface area contributed by atoms with Crippen LogP contribution in [0.3, 0.4) is 0 Å². The minimum atomic E-state index is -0.295. The maximum atomic E-state index is 10.7. The average Bonchev–Trinajstić information content (AvgIpc) is 2.56. The van der Waals surface area contributed by atoms with Gasteiger partial charge in [0.15, 0.2) is 11.5 Å². The molecule has 1 saturated heterocycles. The summed E-state index contributed by atoms with van der Waals surface area (Å²) in [5, 5.41) is 20.8. The van der Waals surface area contributed by atoms with Gasteiger partial charge in [-0.2, -0.15) is 0 Å². The summed E-state index contributed by atoms with van der Waals surface area (Å²) in [6.45, 7) is 7.44. The van der Waals surface area contributed by atoms with Gasteiger partial charge in [0.2, 0.25) is 0 Å². The number of ether oxygens (including phenoxy) is 1. The van der Waals surface area contributed by atoms with Gasteiger partial charge in [-0.25, -0.2) is 0 Å². The van der Waals surface area contributed by atoms with Crippen molar-refractivity contribution in [3.63, 3.8) is 0 Å². The second-order valence-electron chi connectivity index (χ2n) is 7.63. The average molecular weight is 331 g/mol. The second kappa shape index (κ2) is 5.99. The van der Waals surface area contributed by atoms with Gasteiger partial charge in [-0.05, 0) is 63.9 Å². The van der Waals surface area contributed by atoms with Crippen molar-refractivity contribution in [3.8, 4) is 11.5 Å². The molecule has 0 radical (unpaired) electrons. The summed E-state index contributed by atoms with van der Waals surface area (Å²) in [4.78, 5) is 2.40. The highest BCUT2D eigenvalue weighted by atomic mass is 16.5. The molecule has 0 amide bonds. The molecule has 2 aliphatic rings. The summed E-state index contributed by atoms with van der Waals surface area (Å²) in [7, 11) is 3.90. The number of phenolic OH excluding ortho intramolecular Hbond substituents is 2. The van der Waals surface area contributed by atoms with Crippen LogP contribution >= 0.6 is 0 Å². The molecule has 0 bridgehead atoms. The Morgan fingerprint density at radius 3 is 2.62 bits per heavy atom. The van der Waals surface area contributed by atoms with Crippen molar-refractivity contribution in [2.24, 2.45) is 11.8 Å². The maximum absolute atomic E-state index is 10.7. The molecule has 2 N–H and O–H groups in total. The predicted octanol–water partition coefficient (Wildman–Crippen LogP) is 3.55. The van der Waals surface area contributed by atoms with Gasteiger partial charge in [0.05, 0.1) is 12.9 Å². The van der Waals surface area contributed by atoms with Gasteiger partial charge < -0.3 is 19.8 Å². The fraction of sp³-hybridized carbons (Fsp3) is 0.600. The molecular weight excluding hydrogens is 302 g/mol. The molecule has 4 atom stereocenters. The SMILES string of the molecule is COC1=CC2(c3c(C)ccc(O)c3O)CCN(C)C(C)C2CC1C. The number of piperidine rings is 1. The highest BCUT2D eigenvalue weighted by Gasteiger charge is 2.51. The summed E-state index contributed by atoms with van der Waals surface area (Å²) in [6.07, 6.45) is 4.16. The number of fused-ring (bicyclic) bond motifs is 1. The van der Waals surface area contributed by atoms with E-state index in [2.05, 4.69) is 31.9 Å². The van der Waals surface area contributed by atoms with Gasteiger partial charge in [0, 0.05) is 22.9 Å². The minimum absolute atomic E-state index is 0.0259. The summed E-state index contributed by atoms with van der Waals surface area (Å²) < 4.78 is 5.67. The Hall–Kier alpha value is -1.68. The normalized spacial score (nSPS) is 33.7. The number of hydrogen-bond acceptors (Lipinski definition) is 4. The Labute approximate surface area is 144 Å². The Morgan fingerprint density at radius 2 is 1.96 bits per heavy atom. The molecule has 24 heavy (non-hydrogen) atoms. The number of likely N-dealkylation sites (tertiary alicyclic amines) is 1. The lowest BCUT2D eigenvalue weighted by Crippen LogP contribution is -2.55. The Balaban J connectivity index is 2.26. The van der Waals surface area contributed by atoms with Crippen molar-refractivity contribution in [1.82, 2.24) is 4.90 Å². The van der Waals surface area contributed by atoms with Gasteiger partial charge in [0.25, 0.3) is 0 Å². The fourth-order valence-electron chi connectivity index (χ4n) is 4.88. The molecule has 1 aromatic rings. The molecule has 1 fully saturated rings. The number of aryl methyl sites for hydroxylation is 1. The van der Waals surface area contributed by atoms with Crippen LogP contribution in [0.2, 0.25) is 0 Å². The molecule has 1 aliphatic heterocycles. The van der Waals surface area contributed by atoms with E-state index in [1.165, 1.54) is 0 Å². The third-order valence-electron chi connectivity index (χ3n) is 6.38. The lowest BCUT2D eigenvalue weighted by atomic mass is 9.57. The molecule has 0 aromatic heterocycles. The number of phenols is 2.